The smallest absolute Gasteiger partial charge is 0.102 e. The molecule has 1 rings (SSSR count). The summed E-state index contributed by atoms with van der Waals surface area (Å²) in [6.45, 7) is 6.70. The van der Waals surface area contributed by atoms with Crippen LogP contribution in [0, 0.1) is 0 Å². The van der Waals surface area contributed by atoms with Gasteiger partial charge in [-0.15, -0.1) is 0 Å². The van der Waals surface area contributed by atoms with E-state index in [4.69, 9.17) is 4.74 Å². The van der Waals surface area contributed by atoms with Gasteiger partial charge in [-0.2, -0.15) is 0 Å². The van der Waals surface area contributed by atoms with E-state index >= 15 is 0 Å². The average molecular weight is 204 g/mol. The minimum absolute atomic E-state index is 0.260. The monoisotopic (exact) mass is 204 g/mol. The third-order valence-corrected chi connectivity index (χ3v) is 2.53. The minimum Gasteiger partial charge on any atom is -0.378 e. The lowest BCUT2D eigenvalue weighted by molar-refractivity contribution is -0.00877. The highest BCUT2D eigenvalue weighted by Gasteiger charge is 2.21. The van der Waals surface area contributed by atoms with Crippen LogP contribution in [0.2, 0.25) is 0 Å². The Morgan fingerprint density at radius 3 is 3.14 bits per heavy atom. The molecule has 1 unspecified atom stereocenters. The summed E-state index contributed by atoms with van der Waals surface area (Å²) in [5, 5.41) is 3.35. The van der Waals surface area contributed by atoms with Crippen LogP contribution in [0.1, 0.15) is 13.3 Å². The molecule has 0 aliphatic carbocycles. The fraction of sp³-hybridized carbons (Fsp3) is 1.00. The van der Waals surface area contributed by atoms with Gasteiger partial charge < -0.3 is 10.1 Å². The van der Waals surface area contributed by atoms with E-state index in [9.17, 15) is 4.39 Å². The molecule has 0 spiro atoms. The Morgan fingerprint density at radius 2 is 2.43 bits per heavy atom. The van der Waals surface area contributed by atoms with Gasteiger partial charge in [-0.25, -0.2) is 4.39 Å². The summed E-state index contributed by atoms with van der Waals surface area (Å²) < 4.78 is 17.6. The number of nitrogens with zero attached hydrogens (tertiary/aromatic N) is 1. The van der Waals surface area contributed by atoms with Crippen molar-refractivity contribution in [2.75, 3.05) is 46.1 Å². The summed E-state index contributed by atoms with van der Waals surface area (Å²) >= 11 is 0. The average Bonchev–Trinajstić information content (AvgIpc) is 2.21. The second kappa shape index (κ2) is 7.15. The second-order valence-corrected chi connectivity index (χ2v) is 3.66. The van der Waals surface area contributed by atoms with E-state index < -0.39 is 0 Å². The molecule has 1 fully saturated rings. The summed E-state index contributed by atoms with van der Waals surface area (Å²) in [5.74, 6) is 0. The van der Waals surface area contributed by atoms with Crippen molar-refractivity contribution in [2.24, 2.45) is 0 Å². The van der Waals surface area contributed by atoms with E-state index in [0.717, 1.165) is 39.3 Å². The zero-order valence-corrected chi connectivity index (χ0v) is 8.97. The number of rotatable bonds is 6. The van der Waals surface area contributed by atoms with Crippen LogP contribution in [0.25, 0.3) is 0 Å². The lowest BCUT2D eigenvalue weighted by Gasteiger charge is -2.35. The number of morpholine rings is 1. The molecule has 0 bridgehead atoms. The largest absolute Gasteiger partial charge is 0.378 e. The molecular weight excluding hydrogens is 183 g/mol. The zero-order chi connectivity index (χ0) is 10.2. The molecule has 0 aromatic carbocycles. The molecule has 0 aromatic rings. The second-order valence-electron chi connectivity index (χ2n) is 3.66. The maximum absolute atomic E-state index is 12.2. The van der Waals surface area contributed by atoms with Gasteiger partial charge in [0.1, 0.15) is 6.67 Å². The normalized spacial score (nSPS) is 24.0. The van der Waals surface area contributed by atoms with Crippen LogP contribution in [0.3, 0.4) is 0 Å². The summed E-state index contributed by atoms with van der Waals surface area (Å²) in [5.41, 5.74) is 0. The molecule has 1 atom stereocenters. The van der Waals surface area contributed by atoms with Crippen LogP contribution < -0.4 is 5.32 Å². The third-order valence-electron chi connectivity index (χ3n) is 2.53. The van der Waals surface area contributed by atoms with Crippen LogP contribution in [0.15, 0.2) is 0 Å². The van der Waals surface area contributed by atoms with E-state index in [0.29, 0.717) is 12.6 Å². The Labute approximate surface area is 85.6 Å². The minimum atomic E-state index is -0.260. The molecular formula is C10H21FN2O. The van der Waals surface area contributed by atoms with Crippen molar-refractivity contribution in [1.82, 2.24) is 10.2 Å². The van der Waals surface area contributed by atoms with E-state index in [1.807, 2.05) is 0 Å². The van der Waals surface area contributed by atoms with Crippen molar-refractivity contribution in [1.29, 1.82) is 0 Å². The summed E-state index contributed by atoms with van der Waals surface area (Å²) in [7, 11) is 0. The topological polar surface area (TPSA) is 24.5 Å². The number of hydrogen-bond acceptors (Lipinski definition) is 3. The first-order valence-electron chi connectivity index (χ1n) is 5.47. The molecule has 1 aliphatic heterocycles. The summed E-state index contributed by atoms with van der Waals surface area (Å²) in [6.07, 6.45) is 1.14. The van der Waals surface area contributed by atoms with Crippen LogP contribution in [0.4, 0.5) is 4.39 Å². The standard InChI is InChI=1S/C10H21FN2O/c1-2-4-12-8-10-9-14-7-6-13(10)5-3-11/h10,12H,2-9H2,1H3. The van der Waals surface area contributed by atoms with Crippen molar-refractivity contribution in [3.8, 4) is 0 Å². The van der Waals surface area contributed by atoms with Gasteiger partial charge in [-0.05, 0) is 13.0 Å². The maximum atomic E-state index is 12.2. The zero-order valence-electron chi connectivity index (χ0n) is 8.97. The highest BCUT2D eigenvalue weighted by atomic mass is 19.1. The predicted octanol–water partition coefficient (Wildman–Crippen LogP) is 0.656. The Bertz CT molecular complexity index is 144. The molecule has 1 N–H and O–H groups in total. The van der Waals surface area contributed by atoms with Crippen LogP contribution in [0.5, 0.6) is 0 Å². The van der Waals surface area contributed by atoms with Crippen molar-refractivity contribution in [3.63, 3.8) is 0 Å². The molecule has 0 amide bonds. The first kappa shape index (κ1) is 11.9. The SMILES string of the molecule is CCCNCC1COCCN1CCF. The van der Waals surface area contributed by atoms with Gasteiger partial charge >= 0.3 is 0 Å². The van der Waals surface area contributed by atoms with Crippen molar-refractivity contribution in [3.05, 3.63) is 0 Å². The third kappa shape index (κ3) is 3.90. The highest BCUT2D eigenvalue weighted by Crippen LogP contribution is 2.05. The highest BCUT2D eigenvalue weighted by molar-refractivity contribution is 4.76. The van der Waals surface area contributed by atoms with Gasteiger partial charge in [0, 0.05) is 25.7 Å². The molecule has 14 heavy (non-hydrogen) atoms. The lowest BCUT2D eigenvalue weighted by Crippen LogP contribution is -2.51. The van der Waals surface area contributed by atoms with Crippen LogP contribution in [-0.2, 0) is 4.74 Å². The number of alkyl halides is 1. The van der Waals surface area contributed by atoms with Gasteiger partial charge in [0.05, 0.1) is 13.2 Å². The molecule has 1 aliphatic rings. The Balaban J connectivity index is 2.22. The quantitative estimate of drug-likeness (QED) is 0.643. The van der Waals surface area contributed by atoms with Gasteiger partial charge in [0.25, 0.3) is 0 Å². The van der Waals surface area contributed by atoms with Crippen LogP contribution >= 0.6 is 0 Å². The fourth-order valence-corrected chi connectivity index (χ4v) is 1.73. The van der Waals surface area contributed by atoms with Crippen molar-refractivity contribution < 1.29 is 9.13 Å². The lowest BCUT2D eigenvalue weighted by atomic mass is 10.2. The Hall–Kier alpha value is -0.190. The van der Waals surface area contributed by atoms with Gasteiger partial charge in [-0.1, -0.05) is 6.92 Å². The molecule has 84 valence electrons. The molecule has 0 radical (unpaired) electrons. The number of nitrogens with one attached hydrogen (secondary N) is 1. The number of hydrogen-bond donors (Lipinski definition) is 1. The van der Waals surface area contributed by atoms with Crippen LogP contribution in [-0.4, -0.2) is 57.0 Å². The maximum Gasteiger partial charge on any atom is 0.102 e. The Morgan fingerprint density at radius 1 is 1.57 bits per heavy atom. The van der Waals surface area contributed by atoms with Gasteiger partial charge in [0.2, 0.25) is 0 Å². The molecule has 0 saturated carbocycles. The first-order valence-corrected chi connectivity index (χ1v) is 5.47. The summed E-state index contributed by atoms with van der Waals surface area (Å²) in [4.78, 5) is 2.17. The molecule has 3 nitrogen and oxygen atoms in total. The van der Waals surface area contributed by atoms with Gasteiger partial charge in [-0.3, -0.25) is 4.90 Å². The fourth-order valence-electron chi connectivity index (χ4n) is 1.73. The van der Waals surface area contributed by atoms with Gasteiger partial charge in [0.15, 0.2) is 0 Å². The molecule has 4 heteroatoms. The predicted molar refractivity (Wildman–Crippen MR) is 55.3 cm³/mol. The van der Waals surface area contributed by atoms with Crippen molar-refractivity contribution >= 4 is 0 Å². The van der Waals surface area contributed by atoms with E-state index in [1.54, 1.807) is 0 Å². The first-order chi connectivity index (χ1) is 6.88. The number of halogens is 1. The summed E-state index contributed by atoms with van der Waals surface area (Å²) in [6, 6.07) is 0.353. The molecule has 1 saturated heterocycles. The number of ether oxygens (including phenoxy) is 1. The molecule has 0 aromatic heterocycles. The van der Waals surface area contributed by atoms with Crippen molar-refractivity contribution in [2.45, 2.75) is 19.4 Å². The molecule has 1 heterocycles. The Kier molecular flexibility index (Phi) is 6.07. The van der Waals surface area contributed by atoms with E-state index in [1.165, 1.54) is 0 Å². The van der Waals surface area contributed by atoms with E-state index in [2.05, 4.69) is 17.1 Å². The van der Waals surface area contributed by atoms with E-state index in [-0.39, 0.29) is 6.67 Å².